The number of aliphatic carboxylic acids is 1. The Morgan fingerprint density at radius 2 is 2.00 bits per heavy atom. The monoisotopic (exact) mass is 240 g/mol. The minimum atomic E-state index is -0.769. The van der Waals surface area contributed by atoms with Gasteiger partial charge in [-0.2, -0.15) is 0 Å². The number of carboxylic acids is 1. The van der Waals surface area contributed by atoms with Gasteiger partial charge < -0.3 is 15.3 Å². The molecule has 96 valence electrons. The number of nitrogens with one attached hydrogen (secondary N) is 1. The van der Waals surface area contributed by atoms with Gasteiger partial charge in [0.15, 0.2) is 0 Å². The molecule has 0 aromatic rings. The van der Waals surface area contributed by atoms with Gasteiger partial charge in [0.1, 0.15) is 0 Å². The molecule has 0 aliphatic carbocycles. The lowest BCUT2D eigenvalue weighted by Crippen LogP contribution is -2.56. The van der Waals surface area contributed by atoms with Crippen molar-refractivity contribution in [3.8, 4) is 0 Å². The number of amides is 1. The van der Waals surface area contributed by atoms with Gasteiger partial charge in [0.2, 0.25) is 5.91 Å². The van der Waals surface area contributed by atoms with Crippen molar-refractivity contribution in [3.05, 3.63) is 0 Å². The fourth-order valence-corrected chi connectivity index (χ4v) is 2.59. The zero-order valence-electron chi connectivity index (χ0n) is 10.0. The Bertz CT molecular complexity index is 292. The van der Waals surface area contributed by atoms with Gasteiger partial charge in [0, 0.05) is 19.0 Å². The van der Waals surface area contributed by atoms with E-state index < -0.39 is 5.97 Å². The molecule has 0 saturated carbocycles. The highest BCUT2D eigenvalue weighted by Gasteiger charge is 2.35. The maximum atomic E-state index is 12.1. The summed E-state index contributed by atoms with van der Waals surface area (Å²) >= 11 is 0. The van der Waals surface area contributed by atoms with E-state index in [-0.39, 0.29) is 24.3 Å². The second-order valence-corrected chi connectivity index (χ2v) is 5.06. The van der Waals surface area contributed by atoms with E-state index in [0.29, 0.717) is 13.1 Å². The first kappa shape index (κ1) is 12.4. The van der Waals surface area contributed by atoms with Crippen molar-refractivity contribution >= 4 is 11.9 Å². The van der Waals surface area contributed by atoms with Gasteiger partial charge in [-0.3, -0.25) is 9.59 Å². The highest BCUT2D eigenvalue weighted by Crippen LogP contribution is 2.21. The smallest absolute Gasteiger partial charge is 0.303 e. The van der Waals surface area contributed by atoms with Crippen molar-refractivity contribution in [2.24, 2.45) is 5.92 Å². The van der Waals surface area contributed by atoms with Crippen molar-refractivity contribution in [1.29, 1.82) is 0 Å². The molecule has 2 aliphatic rings. The van der Waals surface area contributed by atoms with Gasteiger partial charge in [0.25, 0.3) is 0 Å². The minimum Gasteiger partial charge on any atom is -0.481 e. The normalized spacial score (nSPS) is 26.1. The van der Waals surface area contributed by atoms with Crippen molar-refractivity contribution < 1.29 is 14.7 Å². The SMILES string of the molecule is O=C(O)CC1CN(C(=O)C2CCCCCN2)C1. The number of nitrogens with zero attached hydrogens (tertiary/aromatic N) is 1. The molecule has 5 nitrogen and oxygen atoms in total. The fourth-order valence-electron chi connectivity index (χ4n) is 2.59. The molecule has 0 radical (unpaired) electrons. The van der Waals surface area contributed by atoms with E-state index in [9.17, 15) is 9.59 Å². The summed E-state index contributed by atoms with van der Waals surface area (Å²) in [6, 6.07) is -0.0386. The Balaban J connectivity index is 1.76. The molecular weight excluding hydrogens is 220 g/mol. The van der Waals surface area contributed by atoms with E-state index in [4.69, 9.17) is 5.11 Å². The van der Waals surface area contributed by atoms with Crippen LogP contribution < -0.4 is 5.32 Å². The molecule has 0 spiro atoms. The Hall–Kier alpha value is -1.10. The molecule has 2 fully saturated rings. The molecule has 17 heavy (non-hydrogen) atoms. The molecule has 2 aliphatic heterocycles. The van der Waals surface area contributed by atoms with Gasteiger partial charge in [-0.25, -0.2) is 0 Å². The number of hydrogen-bond donors (Lipinski definition) is 2. The molecule has 0 aromatic carbocycles. The Morgan fingerprint density at radius 3 is 2.71 bits per heavy atom. The van der Waals surface area contributed by atoms with Crippen molar-refractivity contribution in [3.63, 3.8) is 0 Å². The van der Waals surface area contributed by atoms with E-state index in [0.717, 1.165) is 25.8 Å². The predicted octanol–water partition coefficient (Wildman–Crippen LogP) is 0.452. The average molecular weight is 240 g/mol. The first-order valence-corrected chi connectivity index (χ1v) is 6.41. The Labute approximate surface area is 101 Å². The number of rotatable bonds is 3. The molecule has 1 atom stereocenters. The predicted molar refractivity (Wildman–Crippen MR) is 62.6 cm³/mol. The number of carbonyl (C=O) groups is 2. The third-order valence-corrected chi connectivity index (χ3v) is 3.59. The number of carbonyl (C=O) groups excluding carboxylic acids is 1. The molecule has 2 rings (SSSR count). The third kappa shape index (κ3) is 3.19. The summed E-state index contributed by atoms with van der Waals surface area (Å²) in [5, 5.41) is 11.9. The Morgan fingerprint density at radius 1 is 1.24 bits per heavy atom. The van der Waals surface area contributed by atoms with Crippen LogP contribution in [0.2, 0.25) is 0 Å². The standard InChI is InChI=1S/C12H20N2O3/c15-11(16)6-9-7-14(8-9)12(17)10-4-2-1-3-5-13-10/h9-10,13H,1-8H2,(H,15,16). The van der Waals surface area contributed by atoms with Crippen LogP contribution in [-0.4, -0.2) is 47.6 Å². The summed E-state index contributed by atoms with van der Waals surface area (Å²) in [5.41, 5.74) is 0. The van der Waals surface area contributed by atoms with Crippen LogP contribution in [0.1, 0.15) is 32.1 Å². The van der Waals surface area contributed by atoms with Gasteiger partial charge >= 0.3 is 5.97 Å². The van der Waals surface area contributed by atoms with Gasteiger partial charge in [-0.15, -0.1) is 0 Å². The summed E-state index contributed by atoms with van der Waals surface area (Å²) in [5.74, 6) is -0.453. The van der Waals surface area contributed by atoms with Gasteiger partial charge in [0.05, 0.1) is 12.5 Å². The topological polar surface area (TPSA) is 69.6 Å². The van der Waals surface area contributed by atoms with Crippen LogP contribution >= 0.6 is 0 Å². The van der Waals surface area contributed by atoms with Crippen LogP contribution in [0.15, 0.2) is 0 Å². The van der Waals surface area contributed by atoms with E-state index in [1.54, 1.807) is 4.90 Å². The second-order valence-electron chi connectivity index (χ2n) is 5.06. The average Bonchev–Trinajstić information content (AvgIpc) is 2.50. The fraction of sp³-hybridized carbons (Fsp3) is 0.833. The summed E-state index contributed by atoms with van der Waals surface area (Å²) in [7, 11) is 0. The molecule has 1 amide bonds. The second kappa shape index (κ2) is 5.49. The van der Waals surface area contributed by atoms with Crippen LogP contribution in [0.4, 0.5) is 0 Å². The highest BCUT2D eigenvalue weighted by molar-refractivity contribution is 5.83. The van der Waals surface area contributed by atoms with Crippen LogP contribution in [0, 0.1) is 5.92 Å². The lowest BCUT2D eigenvalue weighted by molar-refractivity contribution is -0.146. The van der Waals surface area contributed by atoms with E-state index in [2.05, 4.69) is 5.32 Å². The minimum absolute atomic E-state index is 0.0386. The lowest BCUT2D eigenvalue weighted by Gasteiger charge is -2.40. The summed E-state index contributed by atoms with van der Waals surface area (Å²) in [6.45, 7) is 2.15. The van der Waals surface area contributed by atoms with Crippen LogP contribution in [0.25, 0.3) is 0 Å². The third-order valence-electron chi connectivity index (χ3n) is 3.59. The molecule has 5 heteroatoms. The molecule has 0 aromatic heterocycles. The number of hydrogen-bond acceptors (Lipinski definition) is 3. The zero-order chi connectivity index (χ0) is 12.3. The largest absolute Gasteiger partial charge is 0.481 e. The molecule has 2 saturated heterocycles. The summed E-state index contributed by atoms with van der Waals surface area (Å²) in [6.07, 6.45) is 4.54. The quantitative estimate of drug-likeness (QED) is 0.751. The van der Waals surface area contributed by atoms with Crippen molar-refractivity contribution in [2.45, 2.75) is 38.1 Å². The van der Waals surface area contributed by atoms with Gasteiger partial charge in [-0.1, -0.05) is 12.8 Å². The first-order chi connectivity index (χ1) is 8.16. The molecule has 1 unspecified atom stereocenters. The Kier molecular flexibility index (Phi) is 3.99. The molecular formula is C12H20N2O3. The summed E-state index contributed by atoms with van der Waals surface area (Å²) in [4.78, 5) is 24.4. The number of likely N-dealkylation sites (tertiary alicyclic amines) is 1. The maximum Gasteiger partial charge on any atom is 0.303 e. The van der Waals surface area contributed by atoms with E-state index in [1.165, 1.54) is 6.42 Å². The van der Waals surface area contributed by atoms with Gasteiger partial charge in [-0.05, 0) is 19.4 Å². The summed E-state index contributed by atoms with van der Waals surface area (Å²) < 4.78 is 0. The first-order valence-electron chi connectivity index (χ1n) is 6.41. The van der Waals surface area contributed by atoms with E-state index >= 15 is 0 Å². The van der Waals surface area contributed by atoms with E-state index in [1.807, 2.05) is 0 Å². The molecule has 2 N–H and O–H groups in total. The highest BCUT2D eigenvalue weighted by atomic mass is 16.4. The zero-order valence-corrected chi connectivity index (χ0v) is 10.0. The van der Waals surface area contributed by atoms with Crippen molar-refractivity contribution in [2.75, 3.05) is 19.6 Å². The van der Waals surface area contributed by atoms with Crippen molar-refractivity contribution in [1.82, 2.24) is 10.2 Å². The number of carboxylic acid groups (broad SMARTS) is 1. The maximum absolute atomic E-state index is 12.1. The lowest BCUT2D eigenvalue weighted by atomic mass is 9.95. The van der Waals surface area contributed by atoms with Crippen LogP contribution in [0.5, 0.6) is 0 Å². The molecule has 2 heterocycles. The molecule has 0 bridgehead atoms. The van der Waals surface area contributed by atoms with Crippen LogP contribution in [0.3, 0.4) is 0 Å². The van der Waals surface area contributed by atoms with Crippen LogP contribution in [-0.2, 0) is 9.59 Å².